The summed E-state index contributed by atoms with van der Waals surface area (Å²) < 4.78 is 5.53. The molecule has 0 radical (unpaired) electrons. The number of hydrogen-bond acceptors (Lipinski definition) is 6. The van der Waals surface area contributed by atoms with Crippen molar-refractivity contribution in [1.29, 1.82) is 0 Å². The van der Waals surface area contributed by atoms with Gasteiger partial charge in [-0.05, 0) is 31.5 Å². The van der Waals surface area contributed by atoms with Crippen molar-refractivity contribution in [2.24, 2.45) is 0 Å². The van der Waals surface area contributed by atoms with Crippen LogP contribution in [0.2, 0.25) is 0 Å². The average molecular weight is 377 g/mol. The van der Waals surface area contributed by atoms with E-state index in [-0.39, 0.29) is 0 Å². The lowest BCUT2D eigenvalue weighted by Gasteiger charge is -2.23. The highest BCUT2D eigenvalue weighted by molar-refractivity contribution is 5.33. The molecule has 3 aromatic rings. The van der Waals surface area contributed by atoms with Crippen LogP contribution >= 0.6 is 0 Å². The molecular weight excluding hydrogens is 350 g/mol. The molecule has 2 heterocycles. The maximum absolute atomic E-state index is 5.53. The van der Waals surface area contributed by atoms with Gasteiger partial charge in [0, 0.05) is 61.6 Å². The van der Waals surface area contributed by atoms with E-state index in [9.17, 15) is 0 Å². The summed E-state index contributed by atoms with van der Waals surface area (Å²) in [5, 5.41) is 3.22. The van der Waals surface area contributed by atoms with Crippen LogP contribution in [-0.4, -0.2) is 33.0 Å². The number of methoxy groups -OCH3 is 1. The standard InChI is InChI=1S/C22H27N5O/c1-17(2)26-22-24-12-19(13-25-22)15-27(14-18-7-6-10-23-11-18)16-20-8-4-5-9-21(20)28-3/h4-13,17H,14-16H2,1-3H3,(H,24,25,26). The molecule has 146 valence electrons. The summed E-state index contributed by atoms with van der Waals surface area (Å²) in [5.41, 5.74) is 3.37. The van der Waals surface area contributed by atoms with Crippen molar-refractivity contribution in [1.82, 2.24) is 19.9 Å². The number of aromatic nitrogens is 3. The zero-order valence-corrected chi connectivity index (χ0v) is 16.7. The summed E-state index contributed by atoms with van der Waals surface area (Å²) in [4.78, 5) is 15.4. The quantitative estimate of drug-likeness (QED) is 0.610. The Hall–Kier alpha value is -2.99. The number of pyridine rings is 1. The molecule has 0 saturated heterocycles. The average Bonchev–Trinajstić information content (AvgIpc) is 2.70. The third kappa shape index (κ3) is 5.76. The van der Waals surface area contributed by atoms with Gasteiger partial charge in [-0.15, -0.1) is 0 Å². The Morgan fingerprint density at radius 1 is 0.929 bits per heavy atom. The van der Waals surface area contributed by atoms with E-state index in [0.29, 0.717) is 12.0 Å². The van der Waals surface area contributed by atoms with Gasteiger partial charge in [0.05, 0.1) is 7.11 Å². The summed E-state index contributed by atoms with van der Waals surface area (Å²) in [7, 11) is 1.71. The highest BCUT2D eigenvalue weighted by Gasteiger charge is 2.12. The number of rotatable bonds is 9. The monoisotopic (exact) mass is 377 g/mol. The van der Waals surface area contributed by atoms with Gasteiger partial charge < -0.3 is 10.1 Å². The van der Waals surface area contributed by atoms with Crippen molar-refractivity contribution in [3.8, 4) is 5.75 Å². The van der Waals surface area contributed by atoms with Crippen LogP contribution in [0.1, 0.15) is 30.5 Å². The molecule has 0 unspecified atom stereocenters. The van der Waals surface area contributed by atoms with Gasteiger partial charge in [0.1, 0.15) is 5.75 Å². The number of benzene rings is 1. The normalized spacial score (nSPS) is 11.0. The molecule has 0 spiro atoms. The van der Waals surface area contributed by atoms with Gasteiger partial charge in [-0.1, -0.05) is 24.3 Å². The van der Waals surface area contributed by atoms with Crippen molar-refractivity contribution in [2.45, 2.75) is 39.5 Å². The summed E-state index contributed by atoms with van der Waals surface area (Å²) in [6.07, 6.45) is 7.47. The predicted octanol–water partition coefficient (Wildman–Crippen LogP) is 3.90. The minimum absolute atomic E-state index is 0.304. The zero-order valence-electron chi connectivity index (χ0n) is 16.7. The number of anilines is 1. The van der Waals surface area contributed by atoms with Gasteiger partial charge in [0.15, 0.2) is 0 Å². The van der Waals surface area contributed by atoms with Crippen LogP contribution in [0.4, 0.5) is 5.95 Å². The maximum atomic E-state index is 5.53. The van der Waals surface area contributed by atoms with Gasteiger partial charge >= 0.3 is 0 Å². The minimum atomic E-state index is 0.304. The fraction of sp³-hybridized carbons (Fsp3) is 0.318. The van der Waals surface area contributed by atoms with Crippen LogP contribution < -0.4 is 10.1 Å². The SMILES string of the molecule is COc1ccccc1CN(Cc1cccnc1)Cc1cnc(NC(C)C)nc1. The first-order valence-electron chi connectivity index (χ1n) is 9.44. The van der Waals surface area contributed by atoms with Crippen molar-refractivity contribution in [3.63, 3.8) is 0 Å². The largest absolute Gasteiger partial charge is 0.496 e. The molecule has 0 atom stereocenters. The highest BCUT2D eigenvalue weighted by atomic mass is 16.5. The molecule has 6 heteroatoms. The van der Waals surface area contributed by atoms with Crippen LogP contribution in [0.25, 0.3) is 0 Å². The molecule has 0 aliphatic heterocycles. The summed E-state index contributed by atoms with van der Waals surface area (Å²) in [6.45, 7) is 6.40. The van der Waals surface area contributed by atoms with E-state index in [1.165, 1.54) is 0 Å². The Kier molecular flexibility index (Phi) is 6.92. The van der Waals surface area contributed by atoms with Crippen molar-refractivity contribution in [3.05, 3.63) is 77.9 Å². The Labute approximate surface area is 166 Å². The topological polar surface area (TPSA) is 63.2 Å². The molecule has 0 bridgehead atoms. The first-order chi connectivity index (χ1) is 13.6. The molecular formula is C22H27N5O. The van der Waals surface area contributed by atoms with E-state index < -0.39 is 0 Å². The first kappa shape index (κ1) is 19.8. The number of nitrogens with one attached hydrogen (secondary N) is 1. The fourth-order valence-electron chi connectivity index (χ4n) is 3.02. The zero-order chi connectivity index (χ0) is 19.8. The lowest BCUT2D eigenvalue weighted by Crippen LogP contribution is -2.23. The van der Waals surface area contributed by atoms with Crippen LogP contribution in [-0.2, 0) is 19.6 Å². The Bertz CT molecular complexity index is 852. The molecule has 1 N–H and O–H groups in total. The second-order valence-corrected chi connectivity index (χ2v) is 7.03. The maximum Gasteiger partial charge on any atom is 0.222 e. The summed E-state index contributed by atoms with van der Waals surface area (Å²) in [5.74, 6) is 1.55. The molecule has 2 aromatic heterocycles. The lowest BCUT2D eigenvalue weighted by atomic mass is 10.1. The Balaban J connectivity index is 1.77. The second kappa shape index (κ2) is 9.80. The lowest BCUT2D eigenvalue weighted by molar-refractivity contribution is 0.243. The smallest absolute Gasteiger partial charge is 0.222 e. The molecule has 0 amide bonds. The van der Waals surface area contributed by atoms with Crippen molar-refractivity contribution >= 4 is 5.95 Å². The molecule has 28 heavy (non-hydrogen) atoms. The van der Waals surface area contributed by atoms with Gasteiger partial charge in [-0.25, -0.2) is 9.97 Å². The second-order valence-electron chi connectivity index (χ2n) is 7.03. The van der Waals surface area contributed by atoms with Gasteiger partial charge in [-0.3, -0.25) is 9.88 Å². The van der Waals surface area contributed by atoms with E-state index in [0.717, 1.165) is 42.1 Å². The number of hydrogen-bond donors (Lipinski definition) is 1. The highest BCUT2D eigenvalue weighted by Crippen LogP contribution is 2.21. The minimum Gasteiger partial charge on any atom is -0.496 e. The number of ether oxygens (including phenoxy) is 1. The van der Waals surface area contributed by atoms with E-state index in [4.69, 9.17) is 4.74 Å². The van der Waals surface area contributed by atoms with E-state index in [2.05, 4.69) is 51.1 Å². The Morgan fingerprint density at radius 3 is 2.36 bits per heavy atom. The Morgan fingerprint density at radius 2 is 1.68 bits per heavy atom. The van der Waals surface area contributed by atoms with Crippen LogP contribution in [0.5, 0.6) is 5.75 Å². The van der Waals surface area contributed by atoms with Gasteiger partial charge in [-0.2, -0.15) is 0 Å². The van der Waals surface area contributed by atoms with E-state index >= 15 is 0 Å². The molecule has 0 fully saturated rings. The van der Waals surface area contributed by atoms with Crippen molar-refractivity contribution < 1.29 is 4.74 Å². The third-order valence-corrected chi connectivity index (χ3v) is 4.24. The third-order valence-electron chi connectivity index (χ3n) is 4.24. The molecule has 6 nitrogen and oxygen atoms in total. The van der Waals surface area contributed by atoms with Crippen LogP contribution in [0, 0.1) is 0 Å². The molecule has 0 aliphatic rings. The van der Waals surface area contributed by atoms with E-state index in [1.807, 2.05) is 42.9 Å². The van der Waals surface area contributed by atoms with Crippen LogP contribution in [0.3, 0.4) is 0 Å². The molecule has 1 aromatic carbocycles. The molecule has 0 aliphatic carbocycles. The molecule has 0 saturated carbocycles. The van der Waals surface area contributed by atoms with Gasteiger partial charge in [0.25, 0.3) is 0 Å². The van der Waals surface area contributed by atoms with Crippen molar-refractivity contribution in [2.75, 3.05) is 12.4 Å². The summed E-state index contributed by atoms with van der Waals surface area (Å²) >= 11 is 0. The number of para-hydroxylation sites is 1. The van der Waals surface area contributed by atoms with Crippen LogP contribution in [0.15, 0.2) is 61.2 Å². The first-order valence-corrected chi connectivity index (χ1v) is 9.44. The fourth-order valence-corrected chi connectivity index (χ4v) is 3.02. The van der Waals surface area contributed by atoms with E-state index in [1.54, 1.807) is 13.3 Å². The predicted molar refractivity (Wildman–Crippen MR) is 111 cm³/mol. The molecule has 3 rings (SSSR count). The number of nitrogens with zero attached hydrogens (tertiary/aromatic N) is 4. The van der Waals surface area contributed by atoms with Gasteiger partial charge in [0.2, 0.25) is 5.95 Å². The summed E-state index contributed by atoms with van der Waals surface area (Å²) in [6, 6.07) is 12.5.